The highest BCUT2D eigenvalue weighted by molar-refractivity contribution is 6.10. The van der Waals surface area contributed by atoms with Crippen LogP contribution in [0.3, 0.4) is 0 Å². The number of benzene rings is 4. The molecule has 3 nitrogen and oxygen atoms in total. The number of hydrogen-bond acceptors (Lipinski definition) is 3. The molecule has 0 unspecified atom stereocenters. The van der Waals surface area contributed by atoms with Crippen molar-refractivity contribution in [1.29, 1.82) is 0 Å². The Morgan fingerprint density at radius 2 is 1.38 bits per heavy atom. The molecule has 34 heavy (non-hydrogen) atoms. The van der Waals surface area contributed by atoms with Crippen molar-refractivity contribution in [3.8, 4) is 33.8 Å². The number of nitrogens with zero attached hydrogens (tertiary/aromatic N) is 2. The summed E-state index contributed by atoms with van der Waals surface area (Å²) in [7, 11) is 0. The average molecular weight is 439 g/mol. The van der Waals surface area contributed by atoms with Crippen molar-refractivity contribution in [3.63, 3.8) is 0 Å². The van der Waals surface area contributed by atoms with Crippen LogP contribution in [0.1, 0.15) is 25.0 Å². The summed E-state index contributed by atoms with van der Waals surface area (Å²) in [6.45, 7) is 4.58. The molecule has 7 rings (SSSR count). The van der Waals surface area contributed by atoms with E-state index in [4.69, 9.17) is 14.4 Å². The molecule has 2 heterocycles. The number of hydrogen-bond donors (Lipinski definition) is 0. The largest absolute Gasteiger partial charge is 0.438 e. The van der Waals surface area contributed by atoms with E-state index in [-0.39, 0.29) is 5.41 Å². The Labute approximate surface area is 197 Å². The minimum absolute atomic E-state index is 0.0757. The summed E-state index contributed by atoms with van der Waals surface area (Å²) in [5.74, 6) is 0.681. The van der Waals surface area contributed by atoms with Crippen molar-refractivity contribution in [2.75, 3.05) is 0 Å². The summed E-state index contributed by atoms with van der Waals surface area (Å²) >= 11 is 0. The van der Waals surface area contributed by atoms with Gasteiger partial charge in [-0.2, -0.15) is 4.98 Å². The quantitative estimate of drug-likeness (QED) is 0.275. The number of fused-ring (bicyclic) bond motifs is 6. The second kappa shape index (κ2) is 6.88. The lowest BCUT2D eigenvalue weighted by atomic mass is 9.82. The molecule has 162 valence electrons. The van der Waals surface area contributed by atoms with Gasteiger partial charge in [0.15, 0.2) is 5.82 Å². The second-order valence-corrected chi connectivity index (χ2v) is 9.47. The fourth-order valence-corrected chi connectivity index (χ4v) is 5.40. The molecular formula is C31H22N2O. The molecule has 0 bridgehead atoms. The van der Waals surface area contributed by atoms with Crippen LogP contribution in [-0.4, -0.2) is 9.97 Å². The molecule has 4 aromatic carbocycles. The van der Waals surface area contributed by atoms with E-state index in [2.05, 4.69) is 74.5 Å². The van der Waals surface area contributed by atoms with Crippen LogP contribution in [0.25, 0.3) is 55.8 Å². The van der Waals surface area contributed by atoms with Gasteiger partial charge in [0.05, 0.1) is 11.1 Å². The molecule has 0 amide bonds. The third kappa shape index (κ3) is 2.64. The molecule has 0 radical (unpaired) electrons. The van der Waals surface area contributed by atoms with Gasteiger partial charge >= 0.3 is 0 Å². The monoisotopic (exact) mass is 438 g/mol. The first-order chi connectivity index (χ1) is 16.6. The van der Waals surface area contributed by atoms with E-state index in [1.807, 2.05) is 36.4 Å². The van der Waals surface area contributed by atoms with Crippen LogP contribution < -0.4 is 0 Å². The topological polar surface area (TPSA) is 38.9 Å². The highest BCUT2D eigenvalue weighted by atomic mass is 16.3. The van der Waals surface area contributed by atoms with E-state index in [0.29, 0.717) is 11.5 Å². The maximum absolute atomic E-state index is 6.21. The highest BCUT2D eigenvalue weighted by Crippen LogP contribution is 2.49. The molecule has 2 aromatic heterocycles. The van der Waals surface area contributed by atoms with Crippen molar-refractivity contribution in [3.05, 3.63) is 108 Å². The van der Waals surface area contributed by atoms with E-state index in [9.17, 15) is 0 Å². The van der Waals surface area contributed by atoms with Crippen LogP contribution in [0.15, 0.2) is 101 Å². The van der Waals surface area contributed by atoms with Crippen molar-refractivity contribution in [2.24, 2.45) is 0 Å². The van der Waals surface area contributed by atoms with Gasteiger partial charge in [-0.3, -0.25) is 0 Å². The molecule has 0 atom stereocenters. The molecule has 0 saturated carbocycles. The molecule has 0 spiro atoms. The molecule has 0 aliphatic heterocycles. The Kier molecular flexibility index (Phi) is 3.89. The van der Waals surface area contributed by atoms with Crippen LogP contribution in [-0.2, 0) is 5.41 Å². The van der Waals surface area contributed by atoms with Gasteiger partial charge in [-0.1, -0.05) is 98.8 Å². The summed E-state index contributed by atoms with van der Waals surface area (Å²) in [5, 5.41) is 1.99. The van der Waals surface area contributed by atoms with E-state index in [1.54, 1.807) is 0 Å². The SMILES string of the molecule is CC1(C)c2ccccc2-c2ccc(-c3nc(-c4ccccc4)c4c(n3)oc3ccccc34)cc21. The number of rotatable bonds is 2. The maximum atomic E-state index is 6.21. The molecule has 1 aliphatic carbocycles. The van der Waals surface area contributed by atoms with Crippen LogP contribution in [0, 0.1) is 0 Å². The summed E-state index contributed by atoms with van der Waals surface area (Å²) in [6.07, 6.45) is 0. The summed E-state index contributed by atoms with van der Waals surface area (Å²) < 4.78 is 6.21. The predicted molar refractivity (Wildman–Crippen MR) is 138 cm³/mol. The zero-order valence-electron chi connectivity index (χ0n) is 19.0. The first-order valence-electron chi connectivity index (χ1n) is 11.6. The highest BCUT2D eigenvalue weighted by Gasteiger charge is 2.35. The maximum Gasteiger partial charge on any atom is 0.231 e. The van der Waals surface area contributed by atoms with Gasteiger partial charge in [0, 0.05) is 21.9 Å². The Morgan fingerprint density at radius 3 is 2.26 bits per heavy atom. The molecule has 6 aromatic rings. The summed E-state index contributed by atoms with van der Waals surface area (Å²) in [6, 6.07) is 33.7. The predicted octanol–water partition coefficient (Wildman–Crippen LogP) is 8.02. The third-order valence-electron chi connectivity index (χ3n) is 7.13. The number of para-hydroxylation sites is 1. The Hall–Kier alpha value is -4.24. The molecule has 0 fully saturated rings. The fraction of sp³-hybridized carbons (Fsp3) is 0.0968. The lowest BCUT2D eigenvalue weighted by molar-refractivity contribution is 0.653. The van der Waals surface area contributed by atoms with Gasteiger partial charge in [-0.15, -0.1) is 0 Å². The van der Waals surface area contributed by atoms with E-state index in [0.717, 1.165) is 33.2 Å². The smallest absolute Gasteiger partial charge is 0.231 e. The lowest BCUT2D eigenvalue weighted by Gasteiger charge is -2.21. The summed E-state index contributed by atoms with van der Waals surface area (Å²) in [4.78, 5) is 10.0. The zero-order valence-corrected chi connectivity index (χ0v) is 19.0. The standard InChI is InChI=1S/C31H22N2O/c1-31(2)24-14-8-6-12-21(24)22-17-16-20(18-25(22)31)29-32-28(19-10-4-3-5-11-19)27-23-13-7-9-15-26(23)34-30(27)33-29/h3-18H,1-2H3. The van der Waals surface area contributed by atoms with Crippen LogP contribution in [0.2, 0.25) is 0 Å². The van der Waals surface area contributed by atoms with E-state index in [1.165, 1.54) is 22.3 Å². The minimum atomic E-state index is -0.0757. The van der Waals surface area contributed by atoms with Crippen LogP contribution in [0.4, 0.5) is 0 Å². The van der Waals surface area contributed by atoms with Crippen molar-refractivity contribution in [1.82, 2.24) is 9.97 Å². The molecule has 3 heteroatoms. The van der Waals surface area contributed by atoms with Gasteiger partial charge in [0.25, 0.3) is 0 Å². The van der Waals surface area contributed by atoms with Gasteiger partial charge in [0.1, 0.15) is 5.58 Å². The van der Waals surface area contributed by atoms with Crippen LogP contribution in [0.5, 0.6) is 0 Å². The third-order valence-corrected chi connectivity index (χ3v) is 7.13. The lowest BCUT2D eigenvalue weighted by Crippen LogP contribution is -2.15. The Bertz CT molecular complexity index is 1730. The Balaban J connectivity index is 1.49. The fourth-order valence-electron chi connectivity index (χ4n) is 5.40. The normalized spacial score (nSPS) is 13.8. The number of aromatic nitrogens is 2. The molecule has 0 saturated heterocycles. The minimum Gasteiger partial charge on any atom is -0.438 e. The molecule has 0 N–H and O–H groups in total. The van der Waals surface area contributed by atoms with Crippen molar-refractivity contribution in [2.45, 2.75) is 19.3 Å². The Morgan fingerprint density at radius 1 is 0.647 bits per heavy atom. The second-order valence-electron chi connectivity index (χ2n) is 9.47. The van der Waals surface area contributed by atoms with Crippen molar-refractivity contribution < 1.29 is 4.42 Å². The van der Waals surface area contributed by atoms with Crippen LogP contribution >= 0.6 is 0 Å². The van der Waals surface area contributed by atoms with Gasteiger partial charge < -0.3 is 4.42 Å². The molecular weight excluding hydrogens is 416 g/mol. The van der Waals surface area contributed by atoms with E-state index < -0.39 is 0 Å². The average Bonchev–Trinajstić information content (AvgIpc) is 3.37. The summed E-state index contributed by atoms with van der Waals surface area (Å²) in [5.41, 5.74) is 9.59. The zero-order chi connectivity index (χ0) is 22.9. The first-order valence-corrected chi connectivity index (χ1v) is 11.6. The van der Waals surface area contributed by atoms with Crippen molar-refractivity contribution >= 4 is 22.1 Å². The van der Waals surface area contributed by atoms with Gasteiger partial charge in [0.2, 0.25) is 5.71 Å². The molecule has 1 aliphatic rings. The van der Waals surface area contributed by atoms with Gasteiger partial charge in [-0.25, -0.2) is 4.98 Å². The number of furan rings is 1. The first kappa shape index (κ1) is 19.2. The van der Waals surface area contributed by atoms with E-state index >= 15 is 0 Å². The van der Waals surface area contributed by atoms with Gasteiger partial charge in [-0.05, 0) is 34.4 Å².